The molecule has 39 heavy (non-hydrogen) atoms. The third kappa shape index (κ3) is 7.33. The quantitative estimate of drug-likeness (QED) is 0.392. The third-order valence-electron chi connectivity index (χ3n) is 7.95. The van der Waals surface area contributed by atoms with Gasteiger partial charge in [0.1, 0.15) is 17.2 Å². The molecule has 6 heteroatoms. The maximum Gasteiger partial charge on any atom is 0.122 e. The molecule has 1 saturated heterocycles. The van der Waals surface area contributed by atoms with Crippen molar-refractivity contribution < 1.29 is 15.3 Å². The Morgan fingerprint density at radius 2 is 0.667 bits per heavy atom. The van der Waals surface area contributed by atoms with Crippen LogP contribution in [0.3, 0.4) is 0 Å². The maximum atomic E-state index is 10.8. The Kier molecular flexibility index (Phi) is 9.21. The van der Waals surface area contributed by atoms with Gasteiger partial charge in [-0.05, 0) is 58.2 Å². The van der Waals surface area contributed by atoms with Gasteiger partial charge >= 0.3 is 0 Å². The van der Waals surface area contributed by atoms with Crippen molar-refractivity contribution >= 4 is 0 Å². The van der Waals surface area contributed by atoms with Crippen LogP contribution in [0.2, 0.25) is 0 Å². The summed E-state index contributed by atoms with van der Waals surface area (Å²) in [7, 11) is 0. The van der Waals surface area contributed by atoms with E-state index in [1.54, 1.807) is 0 Å². The smallest absolute Gasteiger partial charge is 0.122 e. The minimum absolute atomic E-state index is 0.384. The minimum atomic E-state index is 0.384. The molecule has 3 aromatic rings. The Morgan fingerprint density at radius 1 is 0.436 bits per heavy atom. The van der Waals surface area contributed by atoms with Gasteiger partial charge in [0.05, 0.1) is 0 Å². The Balaban J connectivity index is 1.59. The zero-order chi connectivity index (χ0) is 28.3. The van der Waals surface area contributed by atoms with Gasteiger partial charge in [-0.25, -0.2) is 0 Å². The van der Waals surface area contributed by atoms with Gasteiger partial charge in [0.25, 0.3) is 0 Å². The lowest BCUT2D eigenvalue weighted by Crippen LogP contribution is -2.35. The lowest BCUT2D eigenvalue weighted by molar-refractivity contribution is 0.207. The summed E-state index contributed by atoms with van der Waals surface area (Å²) in [5.41, 5.74) is 9.08. The number of hydrogen-bond donors (Lipinski definition) is 3. The average molecular weight is 532 g/mol. The van der Waals surface area contributed by atoms with Crippen molar-refractivity contribution in [3.63, 3.8) is 0 Å². The van der Waals surface area contributed by atoms with E-state index in [0.29, 0.717) is 36.9 Å². The minimum Gasteiger partial charge on any atom is -0.507 e. The molecule has 3 aromatic carbocycles. The number of benzene rings is 3. The summed E-state index contributed by atoms with van der Waals surface area (Å²) in [5, 5.41) is 32.4. The summed E-state index contributed by atoms with van der Waals surface area (Å²) in [6.07, 6.45) is 0. The molecule has 3 N–H and O–H groups in total. The fourth-order valence-electron chi connectivity index (χ4n) is 5.89. The van der Waals surface area contributed by atoms with Crippen LogP contribution in [0.1, 0.15) is 50.1 Å². The number of nitrogens with zero attached hydrogens (tertiary/aromatic N) is 3. The van der Waals surface area contributed by atoms with Gasteiger partial charge < -0.3 is 15.3 Å². The van der Waals surface area contributed by atoms with Gasteiger partial charge in [-0.3, -0.25) is 14.7 Å². The van der Waals surface area contributed by atoms with E-state index >= 15 is 0 Å². The van der Waals surface area contributed by atoms with Crippen molar-refractivity contribution in [3.8, 4) is 17.2 Å². The predicted molar refractivity (Wildman–Crippen MR) is 159 cm³/mol. The molecule has 210 valence electrons. The number of hydrogen-bond acceptors (Lipinski definition) is 6. The molecule has 0 saturated carbocycles. The second-order valence-corrected chi connectivity index (χ2v) is 11.6. The van der Waals surface area contributed by atoms with Gasteiger partial charge in [0, 0.05) is 75.6 Å². The summed E-state index contributed by atoms with van der Waals surface area (Å²) in [6, 6.07) is 12.3. The van der Waals surface area contributed by atoms with Crippen LogP contribution in [0.4, 0.5) is 0 Å². The molecule has 6 nitrogen and oxygen atoms in total. The van der Waals surface area contributed by atoms with E-state index < -0.39 is 0 Å². The summed E-state index contributed by atoms with van der Waals surface area (Å²) in [6.45, 7) is 19.3. The fraction of sp³-hybridized carbons (Fsp3) is 0.455. The summed E-state index contributed by atoms with van der Waals surface area (Å²) in [4.78, 5) is 7.26. The Labute approximate surface area is 234 Å². The molecule has 4 rings (SSSR count). The molecule has 0 amide bonds. The molecular weight excluding hydrogens is 486 g/mol. The van der Waals surface area contributed by atoms with Crippen molar-refractivity contribution in [1.29, 1.82) is 0 Å². The molecule has 0 bridgehead atoms. The van der Waals surface area contributed by atoms with Crippen molar-refractivity contribution in [2.24, 2.45) is 0 Å². The number of aryl methyl sites for hydroxylation is 6. The molecule has 0 radical (unpaired) electrons. The molecule has 1 heterocycles. The van der Waals surface area contributed by atoms with Crippen LogP contribution in [0, 0.1) is 41.5 Å². The Bertz CT molecular complexity index is 1150. The summed E-state index contributed by atoms with van der Waals surface area (Å²) < 4.78 is 0. The molecule has 0 aromatic heterocycles. The number of phenols is 3. The van der Waals surface area contributed by atoms with Crippen molar-refractivity contribution in [2.45, 2.75) is 61.2 Å². The molecule has 1 aliphatic rings. The van der Waals surface area contributed by atoms with E-state index in [1.165, 1.54) is 0 Å². The van der Waals surface area contributed by atoms with Crippen molar-refractivity contribution in [1.82, 2.24) is 14.7 Å². The maximum absolute atomic E-state index is 10.8. The standard InChI is InChI=1S/C33H45N3O3/c1-22-13-25(4)31(37)28(16-22)19-34-7-9-35(20-29-17-23(2)14-26(5)32(29)38)11-12-36(10-8-34)21-30-18-24(3)15-27(6)33(30)39/h13-18,37-39H,7-12,19-21H2,1-6H3. The second-order valence-electron chi connectivity index (χ2n) is 11.6. The predicted octanol–water partition coefficient (Wildman–Crippen LogP) is 5.47. The lowest BCUT2D eigenvalue weighted by Gasteiger charge is -2.27. The van der Waals surface area contributed by atoms with Crippen LogP contribution in [0.25, 0.3) is 0 Å². The molecule has 0 spiro atoms. The normalized spacial score (nSPS) is 16.2. The van der Waals surface area contributed by atoms with Crippen LogP contribution >= 0.6 is 0 Å². The summed E-state index contributed by atoms with van der Waals surface area (Å²) in [5.74, 6) is 1.15. The second kappa shape index (κ2) is 12.4. The van der Waals surface area contributed by atoms with Crippen LogP contribution in [0.15, 0.2) is 36.4 Å². The van der Waals surface area contributed by atoms with Gasteiger partial charge in [0.2, 0.25) is 0 Å². The first kappa shape index (κ1) is 28.9. The highest BCUT2D eigenvalue weighted by Crippen LogP contribution is 2.28. The zero-order valence-corrected chi connectivity index (χ0v) is 24.5. The SMILES string of the molecule is Cc1cc(C)c(O)c(CN2CCN(Cc3cc(C)cc(C)c3O)CCN(Cc3cc(C)cc(C)c3O)CC2)c1. The molecule has 0 aliphatic carbocycles. The average Bonchev–Trinajstić information content (AvgIpc) is 2.95. The van der Waals surface area contributed by atoms with Crippen LogP contribution < -0.4 is 0 Å². The van der Waals surface area contributed by atoms with Crippen molar-refractivity contribution in [2.75, 3.05) is 39.3 Å². The molecule has 0 unspecified atom stereocenters. The first-order valence-corrected chi connectivity index (χ1v) is 14.0. The lowest BCUT2D eigenvalue weighted by atomic mass is 10.0. The van der Waals surface area contributed by atoms with Gasteiger partial charge in [-0.1, -0.05) is 53.1 Å². The van der Waals surface area contributed by atoms with E-state index in [4.69, 9.17) is 0 Å². The monoisotopic (exact) mass is 531 g/mol. The van der Waals surface area contributed by atoms with Gasteiger partial charge in [-0.15, -0.1) is 0 Å². The number of rotatable bonds is 6. The fourth-order valence-corrected chi connectivity index (χ4v) is 5.89. The number of aromatic hydroxyl groups is 3. The van der Waals surface area contributed by atoms with E-state index in [1.807, 2.05) is 39.0 Å². The Hall–Kier alpha value is -3.06. The third-order valence-corrected chi connectivity index (χ3v) is 7.95. The zero-order valence-electron chi connectivity index (χ0n) is 24.5. The van der Waals surface area contributed by atoms with Crippen LogP contribution in [0.5, 0.6) is 17.2 Å². The largest absolute Gasteiger partial charge is 0.507 e. The molecule has 1 fully saturated rings. The van der Waals surface area contributed by atoms with Crippen LogP contribution in [-0.4, -0.2) is 69.3 Å². The molecule has 1 aliphatic heterocycles. The topological polar surface area (TPSA) is 70.4 Å². The number of phenolic OH excluding ortho intramolecular Hbond substituents is 3. The van der Waals surface area contributed by atoms with Crippen LogP contribution in [-0.2, 0) is 19.6 Å². The first-order chi connectivity index (χ1) is 18.5. The highest BCUT2D eigenvalue weighted by molar-refractivity contribution is 5.44. The highest BCUT2D eigenvalue weighted by atomic mass is 16.3. The van der Waals surface area contributed by atoms with E-state index in [2.05, 4.69) is 53.7 Å². The van der Waals surface area contributed by atoms with Gasteiger partial charge in [-0.2, -0.15) is 0 Å². The van der Waals surface area contributed by atoms with E-state index in [-0.39, 0.29) is 0 Å². The highest BCUT2D eigenvalue weighted by Gasteiger charge is 2.21. The molecule has 0 atom stereocenters. The van der Waals surface area contributed by atoms with Gasteiger partial charge in [0.15, 0.2) is 0 Å². The van der Waals surface area contributed by atoms with E-state index in [9.17, 15) is 15.3 Å². The first-order valence-electron chi connectivity index (χ1n) is 14.0. The van der Waals surface area contributed by atoms with E-state index in [0.717, 1.165) is 89.3 Å². The summed E-state index contributed by atoms with van der Waals surface area (Å²) >= 11 is 0. The molecular formula is C33H45N3O3. The van der Waals surface area contributed by atoms with Crippen molar-refractivity contribution in [3.05, 3.63) is 86.5 Å². The Morgan fingerprint density at radius 3 is 0.897 bits per heavy atom.